The average molecular weight is 310 g/mol. The minimum Gasteiger partial charge on any atom is -0.439 e. The lowest BCUT2D eigenvalue weighted by molar-refractivity contribution is -0.385. The molecular weight excluding hydrogens is 300 g/mol. The summed E-state index contributed by atoms with van der Waals surface area (Å²) < 4.78 is 5.44. The van der Waals surface area contributed by atoms with Crippen LogP contribution in [0.15, 0.2) is 48.2 Å². The number of nitrogens with zero attached hydrogens (tertiary/aromatic N) is 3. The number of hydrogen-bond acceptors (Lipinski definition) is 6. The first kappa shape index (κ1) is 15.7. The fraction of sp³-hybridized carbons (Fsp3) is 0. The molecule has 0 fully saturated rings. The van der Waals surface area contributed by atoms with Crippen molar-refractivity contribution in [3.8, 4) is 17.7 Å². The van der Waals surface area contributed by atoms with Gasteiger partial charge in [-0.15, -0.1) is 0 Å². The molecule has 0 aliphatic carbocycles. The van der Waals surface area contributed by atoms with Crippen molar-refractivity contribution in [3.63, 3.8) is 0 Å². The van der Waals surface area contributed by atoms with Gasteiger partial charge in [0.2, 0.25) is 5.88 Å². The smallest absolute Gasteiger partial charge is 0.287 e. The third-order valence-corrected chi connectivity index (χ3v) is 2.73. The Morgan fingerprint density at radius 1 is 1.30 bits per heavy atom. The Kier molecular flexibility index (Phi) is 4.64. The largest absolute Gasteiger partial charge is 0.439 e. The van der Waals surface area contributed by atoms with Crippen LogP contribution < -0.4 is 10.5 Å². The maximum Gasteiger partial charge on any atom is 0.287 e. The summed E-state index contributed by atoms with van der Waals surface area (Å²) in [6.45, 7) is 0. The molecule has 2 rings (SSSR count). The first-order valence-electron chi connectivity index (χ1n) is 6.29. The Bertz CT molecular complexity index is 805. The van der Waals surface area contributed by atoms with Gasteiger partial charge >= 0.3 is 0 Å². The number of rotatable bonds is 5. The molecule has 0 saturated heterocycles. The molecule has 1 aromatic heterocycles. The van der Waals surface area contributed by atoms with Crippen molar-refractivity contribution in [1.29, 1.82) is 5.26 Å². The lowest BCUT2D eigenvalue weighted by atomic mass is 10.1. The third-order valence-electron chi connectivity index (χ3n) is 2.73. The Hall–Kier alpha value is -3.73. The molecule has 0 saturated carbocycles. The number of hydrogen-bond donors (Lipinski definition) is 1. The second-order valence-electron chi connectivity index (χ2n) is 4.32. The number of aromatic nitrogens is 1. The van der Waals surface area contributed by atoms with E-state index >= 15 is 0 Å². The number of ether oxygens (including phenoxy) is 1. The quantitative estimate of drug-likeness (QED) is 0.389. The van der Waals surface area contributed by atoms with Crippen LogP contribution in [-0.4, -0.2) is 15.8 Å². The Labute approximate surface area is 130 Å². The fourth-order valence-corrected chi connectivity index (χ4v) is 1.62. The highest BCUT2D eigenvalue weighted by atomic mass is 16.6. The molecule has 0 radical (unpaired) electrons. The van der Waals surface area contributed by atoms with Crippen molar-refractivity contribution in [3.05, 3.63) is 63.8 Å². The van der Waals surface area contributed by atoms with Crippen LogP contribution in [0.4, 0.5) is 5.69 Å². The van der Waals surface area contributed by atoms with Crippen LogP contribution in [0.25, 0.3) is 6.08 Å². The number of nitriles is 1. The van der Waals surface area contributed by atoms with Crippen LogP contribution in [0.3, 0.4) is 0 Å². The number of carbonyl (C=O) groups is 1. The molecule has 23 heavy (non-hydrogen) atoms. The first-order chi connectivity index (χ1) is 11.0. The maximum absolute atomic E-state index is 11.0. The molecule has 0 unspecified atom stereocenters. The molecule has 0 aliphatic rings. The summed E-state index contributed by atoms with van der Waals surface area (Å²) in [5.74, 6) is -0.155. The Balaban J connectivity index is 2.12. The predicted molar refractivity (Wildman–Crippen MR) is 80.2 cm³/mol. The van der Waals surface area contributed by atoms with Gasteiger partial charge in [-0.2, -0.15) is 5.26 Å². The predicted octanol–water partition coefficient (Wildman–Crippen LogP) is 2.17. The van der Waals surface area contributed by atoms with Gasteiger partial charge in [-0.1, -0.05) is 12.1 Å². The topological polar surface area (TPSA) is 132 Å². The van der Waals surface area contributed by atoms with Crippen molar-refractivity contribution in [2.75, 3.05) is 0 Å². The molecule has 1 amide bonds. The molecule has 1 aromatic carbocycles. The standard InChI is InChI=1S/C15H10N4O4/c16-8-11(15(17)20)7-10-1-4-13(5-2-10)23-14-6-3-12(9-18-14)19(21)22/h1-7,9H,(H2,17,20)/b11-7-. The molecule has 0 aliphatic heterocycles. The summed E-state index contributed by atoms with van der Waals surface area (Å²) in [5, 5.41) is 19.3. The number of pyridine rings is 1. The van der Waals surface area contributed by atoms with Crippen LogP contribution in [0, 0.1) is 21.4 Å². The van der Waals surface area contributed by atoms with E-state index in [0.29, 0.717) is 11.3 Å². The molecule has 1 heterocycles. The van der Waals surface area contributed by atoms with E-state index in [9.17, 15) is 14.9 Å². The van der Waals surface area contributed by atoms with Crippen LogP contribution in [0.2, 0.25) is 0 Å². The molecule has 0 bridgehead atoms. The summed E-state index contributed by atoms with van der Waals surface area (Å²) in [5.41, 5.74) is 5.36. The van der Waals surface area contributed by atoms with E-state index in [1.54, 1.807) is 30.3 Å². The van der Waals surface area contributed by atoms with Gasteiger partial charge in [-0.05, 0) is 23.8 Å². The van der Waals surface area contributed by atoms with Gasteiger partial charge in [0.15, 0.2) is 0 Å². The van der Waals surface area contributed by atoms with E-state index in [2.05, 4.69) is 4.98 Å². The number of carbonyl (C=O) groups excluding carboxylic acids is 1. The van der Waals surface area contributed by atoms with Crippen molar-refractivity contribution in [1.82, 2.24) is 4.98 Å². The Morgan fingerprint density at radius 3 is 2.48 bits per heavy atom. The third kappa shape index (κ3) is 4.12. The van der Waals surface area contributed by atoms with E-state index in [-0.39, 0.29) is 17.1 Å². The van der Waals surface area contributed by atoms with E-state index in [0.717, 1.165) is 6.20 Å². The number of nitro groups is 1. The highest BCUT2D eigenvalue weighted by Gasteiger charge is 2.07. The lowest BCUT2D eigenvalue weighted by Gasteiger charge is -2.04. The SMILES string of the molecule is N#C/C(=C/c1ccc(Oc2ccc([N+](=O)[O-])cn2)cc1)C(N)=O. The molecule has 2 aromatic rings. The van der Waals surface area contributed by atoms with Crippen LogP contribution >= 0.6 is 0 Å². The van der Waals surface area contributed by atoms with Gasteiger partial charge in [0.05, 0.1) is 4.92 Å². The highest BCUT2D eigenvalue weighted by molar-refractivity contribution is 6.00. The second-order valence-corrected chi connectivity index (χ2v) is 4.32. The molecule has 8 nitrogen and oxygen atoms in total. The van der Waals surface area contributed by atoms with Crippen molar-refractivity contribution >= 4 is 17.7 Å². The Morgan fingerprint density at radius 2 is 2.00 bits per heavy atom. The summed E-state index contributed by atoms with van der Waals surface area (Å²) in [6.07, 6.45) is 2.45. The van der Waals surface area contributed by atoms with E-state index in [1.165, 1.54) is 18.2 Å². The first-order valence-corrected chi connectivity index (χ1v) is 6.29. The van der Waals surface area contributed by atoms with Crippen molar-refractivity contribution in [2.24, 2.45) is 5.73 Å². The zero-order chi connectivity index (χ0) is 16.8. The zero-order valence-corrected chi connectivity index (χ0v) is 11.7. The van der Waals surface area contributed by atoms with E-state index < -0.39 is 10.8 Å². The van der Waals surface area contributed by atoms with Crippen LogP contribution in [-0.2, 0) is 4.79 Å². The number of amides is 1. The van der Waals surface area contributed by atoms with Gasteiger partial charge in [0.25, 0.3) is 11.6 Å². The van der Waals surface area contributed by atoms with Crippen LogP contribution in [0.1, 0.15) is 5.56 Å². The zero-order valence-electron chi connectivity index (χ0n) is 11.7. The minimum atomic E-state index is -0.803. The molecule has 0 atom stereocenters. The average Bonchev–Trinajstić information content (AvgIpc) is 2.54. The minimum absolute atomic E-state index is 0.131. The number of nitrogens with two attached hydrogens (primary N) is 1. The molecule has 8 heteroatoms. The number of benzene rings is 1. The maximum atomic E-state index is 11.0. The highest BCUT2D eigenvalue weighted by Crippen LogP contribution is 2.22. The molecule has 2 N–H and O–H groups in total. The van der Waals surface area contributed by atoms with Gasteiger partial charge in [0, 0.05) is 12.1 Å². The fourth-order valence-electron chi connectivity index (χ4n) is 1.62. The van der Waals surface area contributed by atoms with E-state index in [1.807, 2.05) is 0 Å². The van der Waals surface area contributed by atoms with Crippen molar-refractivity contribution in [2.45, 2.75) is 0 Å². The number of primary amides is 1. The van der Waals surface area contributed by atoms with Crippen molar-refractivity contribution < 1.29 is 14.5 Å². The summed E-state index contributed by atoms with van der Waals surface area (Å²) in [4.78, 5) is 24.8. The van der Waals surface area contributed by atoms with Crippen LogP contribution in [0.5, 0.6) is 11.6 Å². The summed E-state index contributed by atoms with van der Waals surface area (Å²) in [7, 11) is 0. The summed E-state index contributed by atoms with van der Waals surface area (Å²) >= 11 is 0. The monoisotopic (exact) mass is 310 g/mol. The molecule has 0 spiro atoms. The van der Waals surface area contributed by atoms with Gasteiger partial charge in [-0.25, -0.2) is 4.98 Å². The molecular formula is C15H10N4O4. The van der Waals surface area contributed by atoms with E-state index in [4.69, 9.17) is 15.7 Å². The summed E-state index contributed by atoms with van der Waals surface area (Å²) in [6, 6.07) is 10.8. The molecule has 114 valence electrons. The second kappa shape index (κ2) is 6.82. The van der Waals surface area contributed by atoms with Gasteiger partial charge < -0.3 is 10.5 Å². The normalized spacial score (nSPS) is 10.7. The van der Waals surface area contributed by atoms with Gasteiger partial charge in [-0.3, -0.25) is 14.9 Å². The lowest BCUT2D eigenvalue weighted by Crippen LogP contribution is -2.12. The van der Waals surface area contributed by atoms with Gasteiger partial charge in [0.1, 0.15) is 23.6 Å².